The molecular weight excluding hydrogens is 345 g/mol. The van der Waals surface area contributed by atoms with Crippen molar-refractivity contribution in [3.05, 3.63) is 89.5 Å². The van der Waals surface area contributed by atoms with Gasteiger partial charge in [-0.15, -0.1) is 0 Å². The zero-order chi connectivity index (χ0) is 17.9. The number of rotatable bonds is 5. The fourth-order valence-corrected chi connectivity index (χ4v) is 3.84. The fraction of sp³-hybridized carbons (Fsp3) is 0.143. The molecule has 130 valence electrons. The number of fused-ring (bicyclic) bond motifs is 1. The van der Waals surface area contributed by atoms with E-state index in [2.05, 4.69) is 40.7 Å². The number of halogens is 1. The molecule has 3 nitrogen and oxygen atoms in total. The van der Waals surface area contributed by atoms with Gasteiger partial charge >= 0.3 is 0 Å². The Kier molecular flexibility index (Phi) is 4.71. The van der Waals surface area contributed by atoms with Crippen molar-refractivity contribution in [2.24, 2.45) is 0 Å². The molecule has 0 bridgehead atoms. The van der Waals surface area contributed by atoms with E-state index in [1.54, 1.807) is 24.0 Å². The fourth-order valence-electron chi connectivity index (χ4n) is 2.84. The van der Waals surface area contributed by atoms with Crippen LogP contribution in [0.15, 0.2) is 72.1 Å². The van der Waals surface area contributed by atoms with Crippen molar-refractivity contribution in [3.63, 3.8) is 0 Å². The lowest BCUT2D eigenvalue weighted by atomic mass is 10.1. The van der Waals surface area contributed by atoms with Gasteiger partial charge in [-0.3, -0.25) is 4.98 Å². The van der Waals surface area contributed by atoms with Crippen LogP contribution in [0.4, 0.5) is 4.39 Å². The van der Waals surface area contributed by atoms with E-state index in [9.17, 15) is 4.39 Å². The Morgan fingerprint density at radius 2 is 1.85 bits per heavy atom. The van der Waals surface area contributed by atoms with Gasteiger partial charge in [0.1, 0.15) is 5.82 Å². The first kappa shape index (κ1) is 16.8. The predicted molar refractivity (Wildman–Crippen MR) is 104 cm³/mol. The number of aryl methyl sites for hydroxylation is 1. The van der Waals surface area contributed by atoms with E-state index >= 15 is 0 Å². The summed E-state index contributed by atoms with van der Waals surface area (Å²) >= 11 is 1.55. The second-order valence-electron chi connectivity index (χ2n) is 6.21. The van der Waals surface area contributed by atoms with Gasteiger partial charge in [-0.2, -0.15) is 0 Å². The van der Waals surface area contributed by atoms with Crippen LogP contribution in [0.3, 0.4) is 0 Å². The standard InChI is InChI=1S/C21H18FN3S/c1-15-6-8-16(9-7-15)13-25-20-12-23-11-10-19(20)24-21(25)26-14-17-4-2-3-5-18(17)22/h2-12H,13-14H2,1H3. The Hall–Kier alpha value is -2.66. The summed E-state index contributed by atoms with van der Waals surface area (Å²) in [6, 6.07) is 17.3. The molecule has 0 spiro atoms. The molecular formula is C21H18FN3S. The third-order valence-electron chi connectivity index (χ3n) is 4.29. The molecule has 2 aromatic heterocycles. The molecule has 0 saturated heterocycles. The van der Waals surface area contributed by atoms with Gasteiger partial charge in [0.05, 0.1) is 23.8 Å². The normalized spacial score (nSPS) is 11.2. The summed E-state index contributed by atoms with van der Waals surface area (Å²) in [5.74, 6) is 0.361. The molecule has 0 radical (unpaired) electrons. The number of benzene rings is 2. The maximum absolute atomic E-state index is 13.9. The predicted octanol–water partition coefficient (Wildman–Crippen LogP) is 5.22. The van der Waals surface area contributed by atoms with Crippen LogP contribution >= 0.6 is 11.8 Å². The van der Waals surface area contributed by atoms with E-state index in [1.165, 1.54) is 17.2 Å². The van der Waals surface area contributed by atoms with Gasteiger partial charge in [0.25, 0.3) is 0 Å². The van der Waals surface area contributed by atoms with Crippen LogP contribution in [-0.4, -0.2) is 14.5 Å². The molecule has 0 aliphatic carbocycles. The van der Waals surface area contributed by atoms with Gasteiger partial charge in [0, 0.05) is 11.9 Å². The molecule has 2 aromatic carbocycles. The van der Waals surface area contributed by atoms with E-state index < -0.39 is 0 Å². The largest absolute Gasteiger partial charge is 0.313 e. The number of hydrogen-bond acceptors (Lipinski definition) is 3. The molecule has 5 heteroatoms. The Labute approximate surface area is 155 Å². The quantitative estimate of drug-likeness (QED) is 0.456. The minimum atomic E-state index is -0.178. The summed E-state index contributed by atoms with van der Waals surface area (Å²) in [7, 11) is 0. The van der Waals surface area contributed by atoms with Crippen LogP contribution in [0.25, 0.3) is 11.0 Å². The van der Waals surface area contributed by atoms with Crippen molar-refractivity contribution in [3.8, 4) is 0 Å². The number of thioether (sulfide) groups is 1. The number of pyridine rings is 1. The van der Waals surface area contributed by atoms with Crippen molar-refractivity contribution in [2.75, 3.05) is 0 Å². The summed E-state index contributed by atoms with van der Waals surface area (Å²) in [4.78, 5) is 8.98. The first-order valence-corrected chi connectivity index (χ1v) is 9.41. The number of hydrogen-bond donors (Lipinski definition) is 0. The molecule has 0 saturated carbocycles. The van der Waals surface area contributed by atoms with E-state index in [1.807, 2.05) is 24.4 Å². The first-order chi connectivity index (χ1) is 12.7. The second kappa shape index (κ2) is 7.30. The number of imidazole rings is 1. The number of nitrogens with zero attached hydrogens (tertiary/aromatic N) is 3. The van der Waals surface area contributed by atoms with Crippen molar-refractivity contribution in [2.45, 2.75) is 24.4 Å². The molecule has 0 aliphatic heterocycles. The lowest BCUT2D eigenvalue weighted by molar-refractivity contribution is 0.617. The zero-order valence-corrected chi connectivity index (χ0v) is 15.2. The topological polar surface area (TPSA) is 30.7 Å². The Morgan fingerprint density at radius 3 is 2.65 bits per heavy atom. The van der Waals surface area contributed by atoms with E-state index in [0.29, 0.717) is 17.9 Å². The molecule has 0 amide bonds. The Morgan fingerprint density at radius 1 is 1.04 bits per heavy atom. The average molecular weight is 363 g/mol. The molecule has 26 heavy (non-hydrogen) atoms. The van der Waals surface area contributed by atoms with Gasteiger partial charge in [0.2, 0.25) is 0 Å². The van der Waals surface area contributed by atoms with Gasteiger partial charge < -0.3 is 4.57 Å². The molecule has 0 N–H and O–H groups in total. The summed E-state index contributed by atoms with van der Waals surface area (Å²) < 4.78 is 16.1. The summed E-state index contributed by atoms with van der Waals surface area (Å²) in [5.41, 5.74) is 5.02. The molecule has 0 aliphatic rings. The maximum Gasteiger partial charge on any atom is 0.169 e. The van der Waals surface area contributed by atoms with Gasteiger partial charge in [-0.1, -0.05) is 59.8 Å². The van der Waals surface area contributed by atoms with Crippen LogP contribution in [0.1, 0.15) is 16.7 Å². The van der Waals surface area contributed by atoms with Crippen LogP contribution in [0.2, 0.25) is 0 Å². The van der Waals surface area contributed by atoms with Crippen molar-refractivity contribution in [1.29, 1.82) is 0 Å². The smallest absolute Gasteiger partial charge is 0.169 e. The van der Waals surface area contributed by atoms with Crippen LogP contribution in [0.5, 0.6) is 0 Å². The van der Waals surface area contributed by atoms with Crippen molar-refractivity contribution >= 4 is 22.8 Å². The Bertz CT molecular complexity index is 1040. The van der Waals surface area contributed by atoms with Crippen molar-refractivity contribution < 1.29 is 4.39 Å². The molecule has 2 heterocycles. The highest BCUT2D eigenvalue weighted by molar-refractivity contribution is 7.98. The minimum absolute atomic E-state index is 0.178. The van der Waals surface area contributed by atoms with Crippen LogP contribution in [-0.2, 0) is 12.3 Å². The zero-order valence-electron chi connectivity index (χ0n) is 14.4. The van der Waals surface area contributed by atoms with Crippen molar-refractivity contribution in [1.82, 2.24) is 14.5 Å². The SMILES string of the molecule is Cc1ccc(Cn2c(SCc3ccccc3F)nc3ccncc32)cc1. The molecule has 0 unspecified atom stereocenters. The second-order valence-corrected chi connectivity index (χ2v) is 7.15. The van der Waals surface area contributed by atoms with E-state index in [0.717, 1.165) is 16.2 Å². The van der Waals surface area contributed by atoms with Crippen LogP contribution in [0, 0.1) is 12.7 Å². The summed E-state index contributed by atoms with van der Waals surface area (Å²) in [5, 5.41) is 0.872. The average Bonchev–Trinajstić information content (AvgIpc) is 3.00. The maximum atomic E-state index is 13.9. The molecule has 0 fully saturated rings. The summed E-state index contributed by atoms with van der Waals surface area (Å²) in [6.07, 6.45) is 3.58. The molecule has 4 rings (SSSR count). The third-order valence-corrected chi connectivity index (χ3v) is 5.32. The molecule has 4 aromatic rings. The minimum Gasteiger partial charge on any atom is -0.313 e. The first-order valence-electron chi connectivity index (χ1n) is 8.43. The van der Waals surface area contributed by atoms with E-state index in [-0.39, 0.29) is 5.82 Å². The van der Waals surface area contributed by atoms with Gasteiger partial charge in [-0.05, 0) is 30.2 Å². The highest BCUT2D eigenvalue weighted by atomic mass is 32.2. The Balaban J connectivity index is 1.67. The highest BCUT2D eigenvalue weighted by Gasteiger charge is 2.13. The van der Waals surface area contributed by atoms with Gasteiger partial charge in [-0.25, -0.2) is 9.37 Å². The lowest BCUT2D eigenvalue weighted by Crippen LogP contribution is -2.02. The van der Waals surface area contributed by atoms with Gasteiger partial charge in [0.15, 0.2) is 5.16 Å². The highest BCUT2D eigenvalue weighted by Crippen LogP contribution is 2.28. The lowest BCUT2D eigenvalue weighted by Gasteiger charge is -2.09. The van der Waals surface area contributed by atoms with E-state index in [4.69, 9.17) is 4.98 Å². The third kappa shape index (κ3) is 3.48. The van der Waals surface area contributed by atoms with Crippen LogP contribution < -0.4 is 0 Å². The number of aromatic nitrogens is 3. The molecule has 0 atom stereocenters. The monoisotopic (exact) mass is 363 g/mol. The summed E-state index contributed by atoms with van der Waals surface area (Å²) in [6.45, 7) is 2.79.